The SMILES string of the molecule is Cc1cc(C(=O)O)cc2scc(S)c12. The van der Waals surface area contributed by atoms with Crippen LogP contribution in [0.25, 0.3) is 10.1 Å². The minimum absolute atomic E-state index is 0.338. The molecule has 0 amide bonds. The van der Waals surface area contributed by atoms with Crippen molar-refractivity contribution >= 4 is 40.0 Å². The smallest absolute Gasteiger partial charge is 0.335 e. The first-order valence-corrected chi connectivity index (χ1v) is 5.36. The molecular weight excluding hydrogens is 216 g/mol. The van der Waals surface area contributed by atoms with Crippen LogP contribution in [0.3, 0.4) is 0 Å². The van der Waals surface area contributed by atoms with Gasteiger partial charge in [0.05, 0.1) is 5.56 Å². The van der Waals surface area contributed by atoms with Crippen molar-refractivity contribution < 1.29 is 9.90 Å². The number of carbonyl (C=O) groups is 1. The Kier molecular flexibility index (Phi) is 2.25. The molecule has 0 spiro atoms. The summed E-state index contributed by atoms with van der Waals surface area (Å²) in [4.78, 5) is 11.7. The van der Waals surface area contributed by atoms with E-state index in [1.807, 2.05) is 12.3 Å². The van der Waals surface area contributed by atoms with Gasteiger partial charge in [-0.1, -0.05) is 0 Å². The number of carboxylic acid groups (broad SMARTS) is 1. The van der Waals surface area contributed by atoms with Gasteiger partial charge in [0.15, 0.2) is 0 Å². The lowest BCUT2D eigenvalue weighted by Gasteiger charge is -2.00. The van der Waals surface area contributed by atoms with Crippen LogP contribution in [0, 0.1) is 6.92 Å². The molecule has 0 bridgehead atoms. The summed E-state index contributed by atoms with van der Waals surface area (Å²) >= 11 is 5.84. The molecular formula is C10H8O2S2. The van der Waals surface area contributed by atoms with Crippen LogP contribution in [-0.2, 0) is 0 Å². The first kappa shape index (κ1) is 9.55. The molecule has 2 nitrogen and oxygen atoms in total. The maximum Gasteiger partial charge on any atom is 0.335 e. The highest BCUT2D eigenvalue weighted by Gasteiger charge is 2.09. The van der Waals surface area contributed by atoms with E-state index < -0.39 is 5.97 Å². The van der Waals surface area contributed by atoms with E-state index in [4.69, 9.17) is 5.11 Å². The second kappa shape index (κ2) is 3.29. The van der Waals surface area contributed by atoms with Crippen molar-refractivity contribution in [2.45, 2.75) is 11.8 Å². The summed E-state index contributed by atoms with van der Waals surface area (Å²) in [7, 11) is 0. The second-order valence-electron chi connectivity index (χ2n) is 3.09. The second-order valence-corrected chi connectivity index (χ2v) is 4.49. The molecule has 1 heterocycles. The molecule has 2 rings (SSSR count). The summed E-state index contributed by atoms with van der Waals surface area (Å²) in [5.41, 5.74) is 1.30. The van der Waals surface area contributed by atoms with Crippen LogP contribution in [0.4, 0.5) is 0 Å². The molecule has 0 fully saturated rings. The third-order valence-corrected chi connectivity index (χ3v) is 3.56. The largest absolute Gasteiger partial charge is 0.478 e. The van der Waals surface area contributed by atoms with Crippen molar-refractivity contribution in [1.82, 2.24) is 0 Å². The number of fused-ring (bicyclic) bond motifs is 1. The first-order chi connectivity index (χ1) is 6.59. The zero-order chi connectivity index (χ0) is 10.3. The van der Waals surface area contributed by atoms with Crippen molar-refractivity contribution in [3.63, 3.8) is 0 Å². The van der Waals surface area contributed by atoms with Gasteiger partial charge in [-0.15, -0.1) is 24.0 Å². The Hall–Kier alpha value is -1.000. The monoisotopic (exact) mass is 224 g/mol. The minimum atomic E-state index is -0.885. The number of hydrogen-bond donors (Lipinski definition) is 2. The van der Waals surface area contributed by atoms with Gasteiger partial charge in [0.2, 0.25) is 0 Å². The molecule has 14 heavy (non-hydrogen) atoms. The molecule has 4 heteroatoms. The zero-order valence-electron chi connectivity index (χ0n) is 7.44. The van der Waals surface area contributed by atoms with Gasteiger partial charge in [0, 0.05) is 20.4 Å². The highest BCUT2D eigenvalue weighted by atomic mass is 32.1. The summed E-state index contributed by atoms with van der Waals surface area (Å²) in [5, 5.41) is 11.8. The zero-order valence-corrected chi connectivity index (χ0v) is 9.15. The van der Waals surface area contributed by atoms with Gasteiger partial charge in [-0.25, -0.2) is 4.79 Å². The van der Waals surface area contributed by atoms with Crippen molar-refractivity contribution in [3.05, 3.63) is 28.6 Å². The van der Waals surface area contributed by atoms with E-state index in [1.54, 1.807) is 12.1 Å². The van der Waals surface area contributed by atoms with Crippen LogP contribution in [0.15, 0.2) is 22.4 Å². The average molecular weight is 224 g/mol. The highest BCUT2D eigenvalue weighted by Crippen LogP contribution is 2.32. The Bertz CT molecular complexity index is 514. The summed E-state index contributed by atoms with van der Waals surface area (Å²) < 4.78 is 0.979. The van der Waals surface area contributed by atoms with E-state index in [-0.39, 0.29) is 0 Å². The molecule has 0 saturated carbocycles. The molecule has 0 aliphatic heterocycles. The van der Waals surface area contributed by atoms with E-state index in [9.17, 15) is 4.79 Å². The standard InChI is InChI=1S/C10H8O2S2/c1-5-2-6(10(11)12)3-8-9(5)7(13)4-14-8/h2-4,13H,1H3,(H,11,12). The number of thiophene rings is 1. The van der Waals surface area contributed by atoms with Crippen LogP contribution in [-0.4, -0.2) is 11.1 Å². The summed E-state index contributed by atoms with van der Waals surface area (Å²) in [5.74, 6) is -0.885. The molecule has 0 saturated heterocycles. The van der Waals surface area contributed by atoms with Gasteiger partial charge in [0.25, 0.3) is 0 Å². The first-order valence-electron chi connectivity index (χ1n) is 4.03. The molecule has 0 unspecified atom stereocenters. The van der Waals surface area contributed by atoms with Crippen LogP contribution in [0.5, 0.6) is 0 Å². The van der Waals surface area contributed by atoms with E-state index in [1.165, 1.54) is 11.3 Å². The Labute approximate surface area is 90.6 Å². The Morgan fingerprint density at radius 1 is 1.50 bits per heavy atom. The molecule has 0 atom stereocenters. The van der Waals surface area contributed by atoms with Crippen LogP contribution in [0.2, 0.25) is 0 Å². The topological polar surface area (TPSA) is 37.3 Å². The molecule has 72 valence electrons. The fourth-order valence-corrected chi connectivity index (χ4v) is 2.95. The lowest BCUT2D eigenvalue weighted by atomic mass is 10.1. The maximum atomic E-state index is 10.8. The van der Waals surface area contributed by atoms with Gasteiger partial charge in [-0.2, -0.15) is 0 Å². The van der Waals surface area contributed by atoms with Gasteiger partial charge >= 0.3 is 5.97 Å². The van der Waals surface area contributed by atoms with Crippen molar-refractivity contribution in [1.29, 1.82) is 0 Å². The minimum Gasteiger partial charge on any atom is -0.478 e. The van der Waals surface area contributed by atoms with Crippen LogP contribution in [0.1, 0.15) is 15.9 Å². The number of aryl methyl sites for hydroxylation is 1. The van der Waals surface area contributed by atoms with Crippen molar-refractivity contribution in [2.24, 2.45) is 0 Å². The quantitative estimate of drug-likeness (QED) is 0.730. The molecule has 0 aliphatic rings. The normalized spacial score (nSPS) is 10.7. The average Bonchev–Trinajstić information content (AvgIpc) is 2.48. The van der Waals surface area contributed by atoms with Gasteiger partial charge in [-0.3, -0.25) is 0 Å². The van der Waals surface area contributed by atoms with E-state index >= 15 is 0 Å². The lowest BCUT2D eigenvalue weighted by molar-refractivity contribution is 0.0697. The summed E-state index contributed by atoms with van der Waals surface area (Å²) in [6.45, 7) is 1.90. The number of thiol groups is 1. The van der Waals surface area contributed by atoms with Crippen LogP contribution >= 0.6 is 24.0 Å². The van der Waals surface area contributed by atoms with Gasteiger partial charge in [-0.05, 0) is 24.6 Å². The predicted molar refractivity (Wildman–Crippen MR) is 60.8 cm³/mol. The maximum absolute atomic E-state index is 10.8. The number of rotatable bonds is 1. The molecule has 1 aromatic heterocycles. The molecule has 1 N–H and O–H groups in total. The van der Waals surface area contributed by atoms with Gasteiger partial charge < -0.3 is 5.11 Å². The molecule has 2 aromatic rings. The number of aromatic carboxylic acids is 1. The fraction of sp³-hybridized carbons (Fsp3) is 0.100. The van der Waals surface area contributed by atoms with Crippen molar-refractivity contribution in [3.8, 4) is 0 Å². The predicted octanol–water partition coefficient (Wildman–Crippen LogP) is 3.20. The third kappa shape index (κ3) is 1.40. The van der Waals surface area contributed by atoms with E-state index in [2.05, 4.69) is 12.6 Å². The lowest BCUT2D eigenvalue weighted by Crippen LogP contribution is -1.96. The van der Waals surface area contributed by atoms with Crippen LogP contribution < -0.4 is 0 Å². The molecule has 1 aromatic carbocycles. The fourth-order valence-electron chi connectivity index (χ4n) is 1.48. The Morgan fingerprint density at radius 2 is 2.21 bits per heavy atom. The summed E-state index contributed by atoms with van der Waals surface area (Å²) in [6, 6.07) is 3.37. The van der Waals surface area contributed by atoms with Crippen molar-refractivity contribution in [2.75, 3.05) is 0 Å². The number of benzene rings is 1. The number of carboxylic acids is 1. The highest BCUT2D eigenvalue weighted by molar-refractivity contribution is 7.80. The number of hydrogen-bond acceptors (Lipinski definition) is 3. The Morgan fingerprint density at radius 3 is 2.86 bits per heavy atom. The molecule has 0 radical (unpaired) electrons. The van der Waals surface area contributed by atoms with E-state index in [0.717, 1.165) is 20.5 Å². The summed E-state index contributed by atoms with van der Waals surface area (Å²) in [6.07, 6.45) is 0. The third-order valence-electron chi connectivity index (χ3n) is 2.10. The van der Waals surface area contributed by atoms with E-state index in [0.29, 0.717) is 5.56 Å². The molecule has 0 aliphatic carbocycles. The van der Waals surface area contributed by atoms with Gasteiger partial charge in [0.1, 0.15) is 0 Å². The Balaban J connectivity index is 2.80.